The minimum absolute atomic E-state index is 0.279. The summed E-state index contributed by atoms with van der Waals surface area (Å²) >= 11 is 1.91. The molecule has 0 saturated carbocycles. The van der Waals surface area contributed by atoms with Crippen LogP contribution in [0.5, 0.6) is 0 Å². The largest absolute Gasteiger partial charge is 0.456 e. The van der Waals surface area contributed by atoms with E-state index in [1.807, 2.05) is 22.6 Å². The topological polar surface area (TPSA) is 61.8 Å². The van der Waals surface area contributed by atoms with E-state index in [1.54, 1.807) is 0 Å². The van der Waals surface area contributed by atoms with Crippen molar-refractivity contribution in [2.45, 2.75) is 19.1 Å². The molecule has 0 bridgehead atoms. The van der Waals surface area contributed by atoms with Gasteiger partial charge in [0.05, 0.1) is 17.6 Å². The zero-order valence-corrected chi connectivity index (χ0v) is 9.85. The third-order valence-electron chi connectivity index (χ3n) is 1.69. The van der Waals surface area contributed by atoms with Crippen LogP contribution in [0.3, 0.4) is 0 Å². The Labute approximate surface area is 95.2 Å². The third kappa shape index (κ3) is 3.41. The molecule has 5 nitrogen and oxygen atoms in total. The van der Waals surface area contributed by atoms with Crippen LogP contribution in [0.4, 0.5) is 0 Å². The second-order valence-electron chi connectivity index (χ2n) is 2.85. The number of halogens is 1. The molecule has 0 spiro atoms. The second kappa shape index (κ2) is 5.50. The number of carbonyl (C=O) groups excluding carboxylic acids is 2. The number of hydrogen-bond acceptors (Lipinski definition) is 5. The maximum atomic E-state index is 11.0. The van der Waals surface area contributed by atoms with Crippen molar-refractivity contribution < 1.29 is 23.8 Å². The quantitative estimate of drug-likeness (QED) is 0.426. The summed E-state index contributed by atoms with van der Waals surface area (Å²) in [5.74, 6) is -0.714. The lowest BCUT2D eigenvalue weighted by Crippen LogP contribution is -2.33. The molecule has 80 valence electrons. The van der Waals surface area contributed by atoms with Gasteiger partial charge in [-0.2, -0.15) is 0 Å². The Hall–Kier alpha value is -0.370. The van der Waals surface area contributed by atoms with Gasteiger partial charge < -0.3 is 14.2 Å². The first-order valence-electron chi connectivity index (χ1n) is 4.14. The van der Waals surface area contributed by atoms with Crippen LogP contribution >= 0.6 is 22.6 Å². The smallest absolute Gasteiger partial charge is 0.316 e. The summed E-state index contributed by atoms with van der Waals surface area (Å²) in [5.41, 5.74) is 0. The van der Waals surface area contributed by atoms with Crippen molar-refractivity contribution in [2.24, 2.45) is 0 Å². The van der Waals surface area contributed by atoms with Gasteiger partial charge >= 0.3 is 11.9 Å². The average Bonchev–Trinajstić information content (AvgIpc) is 2.52. The van der Waals surface area contributed by atoms with Gasteiger partial charge in [-0.15, -0.1) is 0 Å². The first-order chi connectivity index (χ1) is 6.63. The summed E-state index contributed by atoms with van der Waals surface area (Å²) in [6, 6.07) is 0. The minimum Gasteiger partial charge on any atom is -0.456 e. The summed E-state index contributed by atoms with van der Waals surface area (Å²) in [6.45, 7) is 1.90. The molecule has 0 aromatic heterocycles. The number of rotatable bonds is 3. The lowest BCUT2D eigenvalue weighted by Gasteiger charge is -2.17. The molecule has 1 fully saturated rings. The highest BCUT2D eigenvalue weighted by molar-refractivity contribution is 14.1. The summed E-state index contributed by atoms with van der Waals surface area (Å²) in [7, 11) is 0. The lowest BCUT2D eigenvalue weighted by molar-refractivity contribution is -0.160. The molecule has 1 rings (SSSR count). The van der Waals surface area contributed by atoms with Crippen molar-refractivity contribution in [1.82, 2.24) is 0 Å². The minimum atomic E-state index is -0.459. The highest BCUT2D eigenvalue weighted by Crippen LogP contribution is 2.14. The molecule has 0 aliphatic carbocycles. The van der Waals surface area contributed by atoms with Crippen molar-refractivity contribution in [3.05, 3.63) is 0 Å². The number of ether oxygens (including phenoxy) is 3. The van der Waals surface area contributed by atoms with Crippen LogP contribution in [-0.2, 0) is 23.8 Å². The van der Waals surface area contributed by atoms with Crippen LogP contribution in [0.1, 0.15) is 6.92 Å². The van der Waals surface area contributed by atoms with Crippen LogP contribution < -0.4 is 0 Å². The van der Waals surface area contributed by atoms with Gasteiger partial charge in [0.25, 0.3) is 0 Å². The molecule has 0 aromatic carbocycles. The molecule has 1 aliphatic heterocycles. The Kier molecular flexibility index (Phi) is 4.59. The molecular weight excluding hydrogens is 303 g/mol. The highest BCUT2D eigenvalue weighted by atomic mass is 127. The van der Waals surface area contributed by atoms with Crippen molar-refractivity contribution in [3.8, 4) is 0 Å². The van der Waals surface area contributed by atoms with Gasteiger partial charge in [0.1, 0.15) is 0 Å². The van der Waals surface area contributed by atoms with Crippen molar-refractivity contribution in [3.63, 3.8) is 0 Å². The van der Waals surface area contributed by atoms with Gasteiger partial charge in [-0.3, -0.25) is 9.59 Å². The maximum Gasteiger partial charge on any atom is 0.316 e. The van der Waals surface area contributed by atoms with Crippen molar-refractivity contribution >= 4 is 34.5 Å². The molecule has 1 saturated heterocycles. The van der Waals surface area contributed by atoms with Crippen molar-refractivity contribution in [2.75, 3.05) is 17.6 Å². The van der Waals surface area contributed by atoms with E-state index in [0.717, 1.165) is 0 Å². The van der Waals surface area contributed by atoms with E-state index in [4.69, 9.17) is 14.2 Å². The summed E-state index contributed by atoms with van der Waals surface area (Å²) in [6.07, 6.45) is -0.916. The molecule has 0 aromatic rings. The van der Waals surface area contributed by atoms with E-state index < -0.39 is 18.2 Å². The van der Waals surface area contributed by atoms with Crippen LogP contribution in [0.2, 0.25) is 0 Å². The lowest BCUT2D eigenvalue weighted by atomic mass is 10.2. The van der Waals surface area contributed by atoms with E-state index in [9.17, 15) is 9.59 Å². The van der Waals surface area contributed by atoms with E-state index in [2.05, 4.69) is 0 Å². The van der Waals surface area contributed by atoms with Gasteiger partial charge in [0, 0.05) is 6.92 Å². The van der Waals surface area contributed by atoms with E-state index in [1.165, 1.54) is 6.92 Å². The van der Waals surface area contributed by atoms with E-state index >= 15 is 0 Å². The number of hydrogen-bond donors (Lipinski definition) is 0. The molecule has 2 unspecified atom stereocenters. The van der Waals surface area contributed by atoms with Crippen LogP contribution in [0.25, 0.3) is 0 Å². The number of esters is 2. The zero-order valence-electron chi connectivity index (χ0n) is 7.70. The average molecular weight is 314 g/mol. The standard InChI is InChI=1S/C8H11IO5/c1-5(10)13-6-3-12-4-7(6)14-8(11)2-9/h6-7H,2-4H2,1H3. The maximum absolute atomic E-state index is 11.0. The monoisotopic (exact) mass is 314 g/mol. The predicted molar refractivity (Wildman–Crippen MR) is 55.1 cm³/mol. The van der Waals surface area contributed by atoms with E-state index in [0.29, 0.717) is 13.2 Å². The van der Waals surface area contributed by atoms with Crippen LogP contribution in [0, 0.1) is 0 Å². The van der Waals surface area contributed by atoms with Gasteiger partial charge in [0.15, 0.2) is 12.2 Å². The number of carbonyl (C=O) groups is 2. The fraction of sp³-hybridized carbons (Fsp3) is 0.750. The molecule has 14 heavy (non-hydrogen) atoms. The van der Waals surface area contributed by atoms with E-state index in [-0.39, 0.29) is 10.4 Å². The summed E-state index contributed by atoms with van der Waals surface area (Å²) in [5, 5.41) is 0. The molecule has 1 heterocycles. The fourth-order valence-corrected chi connectivity index (χ4v) is 1.33. The Morgan fingerprint density at radius 1 is 1.36 bits per heavy atom. The summed E-state index contributed by atoms with van der Waals surface area (Å²) in [4.78, 5) is 21.7. The van der Waals surface area contributed by atoms with Gasteiger partial charge in [-0.25, -0.2) is 0 Å². The molecule has 1 aliphatic rings. The molecule has 2 atom stereocenters. The Bertz CT molecular complexity index is 230. The molecule has 0 amide bonds. The third-order valence-corrected chi connectivity index (χ3v) is 2.31. The van der Waals surface area contributed by atoms with Crippen LogP contribution in [-0.4, -0.2) is 41.8 Å². The molecule has 6 heteroatoms. The SMILES string of the molecule is CC(=O)OC1COCC1OC(=O)CI. The first kappa shape index (κ1) is 11.7. The Balaban J connectivity index is 2.42. The summed E-state index contributed by atoms with van der Waals surface area (Å²) < 4.78 is 15.3. The van der Waals surface area contributed by atoms with Crippen LogP contribution in [0.15, 0.2) is 0 Å². The van der Waals surface area contributed by atoms with Gasteiger partial charge in [-0.1, -0.05) is 22.6 Å². The normalized spacial score (nSPS) is 25.9. The predicted octanol–water partition coefficient (Wildman–Crippen LogP) is 0.295. The second-order valence-corrected chi connectivity index (χ2v) is 3.61. The Morgan fingerprint density at radius 3 is 2.43 bits per heavy atom. The molecule has 0 N–H and O–H groups in total. The first-order valence-corrected chi connectivity index (χ1v) is 5.66. The van der Waals surface area contributed by atoms with Gasteiger partial charge in [0.2, 0.25) is 0 Å². The van der Waals surface area contributed by atoms with Crippen molar-refractivity contribution in [1.29, 1.82) is 0 Å². The molecular formula is C8H11IO5. The fourth-order valence-electron chi connectivity index (χ4n) is 1.15. The Morgan fingerprint density at radius 2 is 1.93 bits per heavy atom. The van der Waals surface area contributed by atoms with Gasteiger partial charge in [-0.05, 0) is 0 Å². The molecule has 0 radical (unpaired) electrons. The highest BCUT2D eigenvalue weighted by Gasteiger charge is 2.33. The zero-order chi connectivity index (χ0) is 10.6. The number of alkyl halides is 1.